The zero-order chi connectivity index (χ0) is 10.6. The molecule has 0 unspecified atom stereocenters. The van der Waals surface area contributed by atoms with Gasteiger partial charge < -0.3 is 0 Å². The molecular weight excluding hydrogens is 204 g/mol. The minimum atomic E-state index is -0.757. The summed E-state index contributed by atoms with van der Waals surface area (Å²) in [6.45, 7) is 0. The van der Waals surface area contributed by atoms with Gasteiger partial charge in [0.1, 0.15) is 5.56 Å². The van der Waals surface area contributed by atoms with Gasteiger partial charge in [-0.25, -0.2) is 0 Å². The molecule has 1 aromatic rings. The molecule has 0 heterocycles. The summed E-state index contributed by atoms with van der Waals surface area (Å²) >= 11 is 4.23. The fourth-order valence-corrected chi connectivity index (χ4v) is 0.998. The number of benzene rings is 1. The molecule has 5 nitrogen and oxygen atoms in total. The number of aliphatic imine (C=N–C) groups is 1. The summed E-state index contributed by atoms with van der Waals surface area (Å²) in [7, 11) is 0. The van der Waals surface area contributed by atoms with Gasteiger partial charge in [-0.1, -0.05) is 12.1 Å². The smallest absolute Gasteiger partial charge is 0.266 e. The van der Waals surface area contributed by atoms with E-state index in [2.05, 4.69) is 17.2 Å². The first-order valence-electron chi connectivity index (χ1n) is 3.52. The number of carbonyl (C=O) groups is 1. The average Bonchev–Trinajstić information content (AvgIpc) is 2.18. The largest absolute Gasteiger partial charge is 0.292 e. The molecule has 1 aromatic carbocycles. The number of nitro groups is 1. The number of hydrogen-bond acceptors (Lipinski definition) is 4. The third-order valence-corrected chi connectivity index (χ3v) is 1.57. The van der Waals surface area contributed by atoms with Gasteiger partial charge in [0.2, 0.25) is 0 Å². The maximum absolute atomic E-state index is 11.2. The van der Waals surface area contributed by atoms with Crippen LogP contribution in [0.15, 0.2) is 29.3 Å². The van der Waals surface area contributed by atoms with Crippen molar-refractivity contribution in [1.29, 1.82) is 0 Å². The van der Waals surface area contributed by atoms with Crippen LogP contribution >= 0.6 is 12.2 Å². The van der Waals surface area contributed by atoms with Crippen molar-refractivity contribution in [3.8, 4) is 0 Å². The van der Waals surface area contributed by atoms with E-state index in [1.165, 1.54) is 24.3 Å². The van der Waals surface area contributed by atoms with Gasteiger partial charge in [0, 0.05) is 6.07 Å². The molecule has 0 aliphatic rings. The van der Waals surface area contributed by atoms with Gasteiger partial charge in [-0.15, -0.1) is 0 Å². The summed E-state index contributed by atoms with van der Waals surface area (Å²) in [5.41, 5.74) is -0.374. The SMILES string of the molecule is O=C(N=C=S)c1ccccc1[N+](=O)[O-]. The normalized spacial score (nSPS) is 8.86. The van der Waals surface area contributed by atoms with Crippen LogP contribution in [-0.2, 0) is 0 Å². The fourth-order valence-electron chi connectivity index (χ4n) is 0.915. The van der Waals surface area contributed by atoms with E-state index in [9.17, 15) is 14.9 Å². The monoisotopic (exact) mass is 208 g/mol. The zero-order valence-corrected chi connectivity index (χ0v) is 7.65. The maximum Gasteiger partial charge on any atom is 0.292 e. The van der Waals surface area contributed by atoms with E-state index in [1.54, 1.807) is 0 Å². The second-order valence-corrected chi connectivity index (χ2v) is 2.47. The first kappa shape index (κ1) is 10.2. The van der Waals surface area contributed by atoms with Crippen molar-refractivity contribution in [3.05, 3.63) is 39.9 Å². The molecule has 1 amide bonds. The Morgan fingerprint density at radius 3 is 2.71 bits per heavy atom. The van der Waals surface area contributed by atoms with Gasteiger partial charge in [0.05, 0.1) is 10.1 Å². The number of thiocarbonyl (C=S) groups is 1. The highest BCUT2D eigenvalue weighted by Gasteiger charge is 2.17. The van der Waals surface area contributed by atoms with Crippen LogP contribution in [0.3, 0.4) is 0 Å². The molecule has 0 fully saturated rings. The molecule has 0 N–H and O–H groups in total. The molecule has 0 radical (unpaired) electrons. The highest BCUT2D eigenvalue weighted by atomic mass is 32.1. The maximum atomic E-state index is 11.2. The summed E-state index contributed by atoms with van der Waals surface area (Å²) < 4.78 is 0. The van der Waals surface area contributed by atoms with E-state index < -0.39 is 10.8 Å². The third-order valence-electron chi connectivity index (χ3n) is 1.48. The lowest BCUT2D eigenvalue weighted by Gasteiger charge is -1.95. The molecule has 0 saturated heterocycles. The van der Waals surface area contributed by atoms with Crippen molar-refractivity contribution in [1.82, 2.24) is 0 Å². The molecule has 6 heteroatoms. The second kappa shape index (κ2) is 4.36. The van der Waals surface area contributed by atoms with Crippen LogP contribution in [0.5, 0.6) is 0 Å². The van der Waals surface area contributed by atoms with Crippen molar-refractivity contribution in [2.45, 2.75) is 0 Å². The van der Waals surface area contributed by atoms with E-state index in [0.29, 0.717) is 0 Å². The summed E-state index contributed by atoms with van der Waals surface area (Å²) in [5, 5.41) is 12.4. The second-order valence-electron chi connectivity index (χ2n) is 2.28. The summed E-state index contributed by atoms with van der Waals surface area (Å²) in [6.07, 6.45) is 0. The van der Waals surface area contributed by atoms with Crippen LogP contribution in [0, 0.1) is 10.1 Å². The Kier molecular flexibility index (Phi) is 3.17. The lowest BCUT2D eigenvalue weighted by Crippen LogP contribution is -2.00. The zero-order valence-electron chi connectivity index (χ0n) is 6.84. The van der Waals surface area contributed by atoms with Crippen LogP contribution in [-0.4, -0.2) is 16.0 Å². The molecular formula is C8H4N2O3S. The van der Waals surface area contributed by atoms with Crippen molar-refractivity contribution in [3.63, 3.8) is 0 Å². The lowest BCUT2D eigenvalue weighted by atomic mass is 10.2. The molecule has 0 aromatic heterocycles. The first-order chi connectivity index (χ1) is 6.66. The van der Waals surface area contributed by atoms with Crippen LogP contribution in [0.2, 0.25) is 0 Å². The van der Waals surface area contributed by atoms with Crippen molar-refractivity contribution < 1.29 is 9.72 Å². The number of isothiocyanates is 1. The topological polar surface area (TPSA) is 72.6 Å². The highest BCUT2D eigenvalue weighted by Crippen LogP contribution is 2.17. The Balaban J connectivity index is 3.26. The number of amides is 1. The standard InChI is InChI=1S/C8H4N2O3S/c11-8(9-5-14)6-3-1-2-4-7(6)10(12)13/h1-4H. The Morgan fingerprint density at radius 1 is 1.50 bits per heavy atom. The molecule has 70 valence electrons. The van der Waals surface area contributed by atoms with Gasteiger partial charge in [-0.05, 0) is 18.3 Å². The first-order valence-corrected chi connectivity index (χ1v) is 3.93. The Bertz CT molecular complexity index is 438. The Labute approximate surface area is 84.2 Å². The number of carbonyl (C=O) groups excluding carboxylic acids is 1. The van der Waals surface area contributed by atoms with Crippen LogP contribution in [0.4, 0.5) is 5.69 Å². The number of para-hydroxylation sites is 1. The highest BCUT2D eigenvalue weighted by molar-refractivity contribution is 7.78. The van der Waals surface area contributed by atoms with E-state index >= 15 is 0 Å². The Hall–Kier alpha value is -1.91. The number of hydrogen-bond donors (Lipinski definition) is 0. The average molecular weight is 208 g/mol. The molecule has 0 atom stereocenters. The number of rotatable bonds is 2. The lowest BCUT2D eigenvalue weighted by molar-refractivity contribution is -0.385. The van der Waals surface area contributed by atoms with E-state index in [-0.39, 0.29) is 11.3 Å². The molecule has 0 bridgehead atoms. The van der Waals surface area contributed by atoms with Crippen LogP contribution in [0.25, 0.3) is 0 Å². The van der Waals surface area contributed by atoms with Gasteiger partial charge in [-0.2, -0.15) is 4.99 Å². The molecule has 0 spiro atoms. The van der Waals surface area contributed by atoms with Gasteiger partial charge in [0.25, 0.3) is 11.6 Å². The van der Waals surface area contributed by atoms with Gasteiger partial charge >= 0.3 is 0 Å². The molecule has 0 saturated carbocycles. The van der Waals surface area contributed by atoms with Crippen molar-refractivity contribution in [2.24, 2.45) is 4.99 Å². The quantitative estimate of drug-likeness (QED) is 0.321. The van der Waals surface area contributed by atoms with Crippen molar-refractivity contribution in [2.75, 3.05) is 0 Å². The van der Waals surface area contributed by atoms with E-state index in [4.69, 9.17) is 0 Å². The predicted octanol–water partition coefficient (Wildman–Crippen LogP) is 1.84. The minimum Gasteiger partial charge on any atom is -0.266 e. The van der Waals surface area contributed by atoms with Crippen molar-refractivity contribution >= 4 is 29.0 Å². The van der Waals surface area contributed by atoms with Gasteiger partial charge in [0.15, 0.2) is 0 Å². The number of nitrogens with zero attached hydrogens (tertiary/aromatic N) is 2. The Morgan fingerprint density at radius 2 is 2.14 bits per heavy atom. The third kappa shape index (κ3) is 2.07. The minimum absolute atomic E-state index is 0.0881. The summed E-state index contributed by atoms with van der Waals surface area (Å²) in [6, 6.07) is 5.53. The summed E-state index contributed by atoms with van der Waals surface area (Å²) in [5.74, 6) is -0.757. The number of nitro benzene ring substituents is 1. The molecule has 1 rings (SSSR count). The van der Waals surface area contributed by atoms with E-state index in [0.717, 1.165) is 0 Å². The van der Waals surface area contributed by atoms with Gasteiger partial charge in [-0.3, -0.25) is 14.9 Å². The van der Waals surface area contributed by atoms with Crippen LogP contribution < -0.4 is 0 Å². The molecule has 0 aliphatic heterocycles. The van der Waals surface area contributed by atoms with E-state index in [1.807, 2.05) is 5.16 Å². The predicted molar refractivity (Wildman–Crippen MR) is 52.5 cm³/mol. The fraction of sp³-hybridized carbons (Fsp3) is 0. The molecule has 14 heavy (non-hydrogen) atoms. The summed E-state index contributed by atoms with van der Waals surface area (Å²) in [4.78, 5) is 24.2. The van der Waals surface area contributed by atoms with Crippen LogP contribution in [0.1, 0.15) is 10.4 Å². The molecule has 0 aliphatic carbocycles.